The normalized spacial score (nSPS) is 22.5. The van der Waals surface area contributed by atoms with E-state index >= 15 is 0 Å². The first-order chi connectivity index (χ1) is 15.5. The van der Waals surface area contributed by atoms with Crippen LogP contribution in [0.25, 0.3) is 0 Å². The van der Waals surface area contributed by atoms with Gasteiger partial charge in [-0.15, -0.1) is 0 Å². The average Bonchev–Trinajstić information content (AvgIpc) is 2.70. The van der Waals surface area contributed by atoms with Gasteiger partial charge in [0.05, 0.1) is 9.47 Å². The molecule has 1 saturated carbocycles. The zero-order chi connectivity index (χ0) is 25.0. The summed E-state index contributed by atoms with van der Waals surface area (Å²) in [7, 11) is -0.688. The van der Waals surface area contributed by atoms with Crippen LogP contribution in [0.4, 0.5) is 9.59 Å². The van der Waals surface area contributed by atoms with Gasteiger partial charge in [-0.25, -0.2) is 9.59 Å². The molecule has 3 amide bonds. The fourth-order valence-corrected chi connectivity index (χ4v) is 7.86. The quantitative estimate of drug-likeness (QED) is 0.185. The largest absolute Gasteiger partial charge is 0.500 e. The van der Waals surface area contributed by atoms with Crippen molar-refractivity contribution in [2.45, 2.75) is 85.7 Å². The third kappa shape index (κ3) is 11.4. The molecule has 0 aliphatic heterocycles. The molecule has 9 nitrogen and oxygen atoms in total. The zero-order valence-corrected chi connectivity index (χ0v) is 23.5. The highest BCUT2D eigenvalue weighted by Gasteiger charge is 2.42. The summed E-state index contributed by atoms with van der Waals surface area (Å²) in [6.07, 6.45) is 3.95. The predicted molar refractivity (Wildman–Crippen MR) is 135 cm³/mol. The Kier molecular flexibility index (Phi) is 13.2. The Hall–Kier alpha value is -0.933. The van der Waals surface area contributed by atoms with Crippen LogP contribution in [0.2, 0.25) is 6.04 Å². The van der Waals surface area contributed by atoms with Crippen molar-refractivity contribution in [1.29, 1.82) is 0 Å². The molecular weight excluding hydrogens is 461 g/mol. The van der Waals surface area contributed by atoms with Gasteiger partial charge in [0.1, 0.15) is 0 Å². The topological polar surface area (TPSA) is 107 Å². The maximum Gasteiger partial charge on any atom is 0.500 e. The number of carbonyl (C=O) groups excluding carboxylic acids is 2. The van der Waals surface area contributed by atoms with Crippen LogP contribution in [-0.4, -0.2) is 59.9 Å². The molecule has 3 unspecified atom stereocenters. The number of carbonyl (C=O) groups is 2. The Balaban J connectivity index is 2.43. The van der Waals surface area contributed by atoms with Crippen LogP contribution in [0.3, 0.4) is 0 Å². The average molecular weight is 508 g/mol. The summed E-state index contributed by atoms with van der Waals surface area (Å²) in [6, 6.07) is 0.556. The highest BCUT2D eigenvalue weighted by atomic mass is 31.0. The van der Waals surface area contributed by atoms with Gasteiger partial charge in [-0.1, -0.05) is 20.8 Å². The van der Waals surface area contributed by atoms with Gasteiger partial charge in [0.2, 0.25) is 0 Å². The first-order valence-electron chi connectivity index (χ1n) is 12.1. The summed E-state index contributed by atoms with van der Waals surface area (Å²) in [6.45, 7) is 15.2. The molecule has 1 fully saturated rings. The van der Waals surface area contributed by atoms with E-state index in [-0.39, 0.29) is 22.9 Å². The molecule has 11 heteroatoms. The first-order valence-corrected chi connectivity index (χ1v) is 14.5. The zero-order valence-electron chi connectivity index (χ0n) is 21.4. The maximum atomic E-state index is 12.3. The predicted octanol–water partition coefficient (Wildman–Crippen LogP) is 4.22. The summed E-state index contributed by atoms with van der Waals surface area (Å²) in [5.41, 5.74) is 0.123. The van der Waals surface area contributed by atoms with Crippen LogP contribution >= 0.6 is 9.47 Å². The van der Waals surface area contributed by atoms with Crippen LogP contribution in [0, 0.1) is 10.8 Å². The molecule has 1 aliphatic carbocycles. The van der Waals surface area contributed by atoms with E-state index in [2.05, 4.69) is 36.7 Å². The number of hydrogen-bond donors (Lipinski definition) is 3. The van der Waals surface area contributed by atoms with Crippen LogP contribution in [-0.2, 0) is 17.8 Å². The van der Waals surface area contributed by atoms with E-state index in [0.717, 1.165) is 32.1 Å². The molecule has 0 aromatic carbocycles. The number of urea groups is 1. The van der Waals surface area contributed by atoms with Crippen molar-refractivity contribution in [3.63, 3.8) is 0 Å². The summed E-state index contributed by atoms with van der Waals surface area (Å²) >= 11 is 0. The van der Waals surface area contributed by atoms with E-state index in [1.165, 1.54) is 0 Å². The molecule has 194 valence electrons. The van der Waals surface area contributed by atoms with E-state index < -0.39 is 14.9 Å². The lowest BCUT2D eigenvalue weighted by molar-refractivity contribution is 0.0651. The fourth-order valence-electron chi connectivity index (χ4n) is 5.18. The monoisotopic (exact) mass is 507 g/mol. The molecule has 0 radical (unpaired) electrons. The molecule has 0 saturated heterocycles. The molecule has 0 spiro atoms. The van der Waals surface area contributed by atoms with Crippen molar-refractivity contribution in [2.24, 2.45) is 10.8 Å². The Labute approximate surface area is 203 Å². The van der Waals surface area contributed by atoms with E-state index in [1.54, 1.807) is 0 Å². The van der Waals surface area contributed by atoms with Crippen molar-refractivity contribution in [3.05, 3.63) is 0 Å². The van der Waals surface area contributed by atoms with Gasteiger partial charge < -0.3 is 33.8 Å². The minimum atomic E-state index is -2.67. The summed E-state index contributed by atoms with van der Waals surface area (Å²) in [4.78, 5) is 23.9. The van der Waals surface area contributed by atoms with Crippen molar-refractivity contribution < 1.29 is 27.4 Å². The third-order valence-electron chi connectivity index (χ3n) is 5.92. The van der Waals surface area contributed by atoms with Crippen molar-refractivity contribution >= 4 is 30.4 Å². The summed E-state index contributed by atoms with van der Waals surface area (Å²) in [5, 5.41) is 8.84. The smallest absolute Gasteiger partial charge is 0.435 e. The fraction of sp³-hybridized carbons (Fsp3) is 0.909. The van der Waals surface area contributed by atoms with Gasteiger partial charge >= 0.3 is 20.9 Å². The lowest BCUT2D eigenvalue weighted by Crippen LogP contribution is -2.48. The van der Waals surface area contributed by atoms with Gasteiger partial charge in [-0.3, -0.25) is 0 Å². The number of hydrogen-bond acceptors (Lipinski definition) is 6. The van der Waals surface area contributed by atoms with Crippen LogP contribution in [0.1, 0.15) is 73.6 Å². The van der Waals surface area contributed by atoms with Crippen molar-refractivity contribution in [1.82, 2.24) is 16.0 Å². The molecule has 33 heavy (non-hydrogen) atoms. The molecule has 0 bridgehead atoms. The lowest BCUT2D eigenvalue weighted by atomic mass is 9.61. The molecular formula is C22H46N3O6PSi. The van der Waals surface area contributed by atoms with Gasteiger partial charge in [0, 0.05) is 45.0 Å². The van der Waals surface area contributed by atoms with Crippen LogP contribution in [0.15, 0.2) is 0 Å². The second-order valence-electron chi connectivity index (χ2n) is 9.82. The van der Waals surface area contributed by atoms with Crippen LogP contribution < -0.4 is 16.0 Å². The Bertz CT molecular complexity index is 596. The van der Waals surface area contributed by atoms with Crippen molar-refractivity contribution in [3.8, 4) is 0 Å². The Morgan fingerprint density at radius 2 is 1.55 bits per heavy atom. The van der Waals surface area contributed by atoms with Crippen LogP contribution in [0.5, 0.6) is 0 Å². The Morgan fingerprint density at radius 3 is 2.09 bits per heavy atom. The molecule has 1 rings (SSSR count). The molecule has 0 heterocycles. The standard InChI is InChI=1S/C22H46N3O6PSi/c1-7-28-33(29-8-2,30-9-3)14-10-12-23-19(26)24-13-11-22(6)16-18(25-20(27)31-32)15-21(4,5)17-22/h18H,7-17,32H2,1-6H3,(H,25,27)(H2,23,24,26). The second-order valence-corrected chi connectivity index (χ2v) is 12.8. The van der Waals surface area contributed by atoms with Gasteiger partial charge in [-0.05, 0) is 63.7 Å². The maximum absolute atomic E-state index is 12.3. The molecule has 1 aliphatic rings. The van der Waals surface area contributed by atoms with E-state index in [4.69, 9.17) is 17.8 Å². The lowest BCUT2D eigenvalue weighted by Gasteiger charge is -2.46. The molecule has 3 atom stereocenters. The second kappa shape index (κ2) is 14.5. The number of amides is 3. The Morgan fingerprint density at radius 1 is 0.970 bits per heavy atom. The highest BCUT2D eigenvalue weighted by molar-refractivity contribution is 7.10. The van der Waals surface area contributed by atoms with E-state index in [9.17, 15) is 9.59 Å². The first kappa shape index (κ1) is 30.1. The number of nitrogens with one attached hydrogen (secondary N) is 3. The van der Waals surface area contributed by atoms with E-state index in [0.29, 0.717) is 39.0 Å². The highest BCUT2D eigenvalue weighted by Crippen LogP contribution is 2.47. The summed E-state index contributed by atoms with van der Waals surface area (Å²) < 4.78 is 22.2. The van der Waals surface area contributed by atoms with E-state index in [1.807, 2.05) is 30.2 Å². The minimum Gasteiger partial charge on any atom is -0.435 e. The summed E-state index contributed by atoms with van der Waals surface area (Å²) in [5.74, 6) is 0. The minimum absolute atomic E-state index is 0.0194. The van der Waals surface area contributed by atoms with Gasteiger partial charge in [-0.2, -0.15) is 0 Å². The van der Waals surface area contributed by atoms with Gasteiger partial charge in [0.15, 0.2) is 0 Å². The SMILES string of the molecule is CCO[Si](CCCNC(=O)NCCC1(C)CC(NC(=O)OP)CC(C)(C)C1)(OCC)OCC. The number of rotatable bonds is 14. The third-order valence-corrected chi connectivity index (χ3v) is 9.29. The van der Waals surface area contributed by atoms with Gasteiger partial charge in [0.25, 0.3) is 0 Å². The molecule has 3 N–H and O–H groups in total. The molecule has 0 aromatic rings. The molecule has 0 aromatic heterocycles. The van der Waals surface area contributed by atoms with Crippen molar-refractivity contribution in [2.75, 3.05) is 32.9 Å².